The molecule has 1 saturated carbocycles. The summed E-state index contributed by atoms with van der Waals surface area (Å²) in [5.41, 5.74) is 5.57. The molecule has 36 heavy (non-hydrogen) atoms. The number of rotatable bonds is 10. The summed E-state index contributed by atoms with van der Waals surface area (Å²) in [6, 6.07) is 16.9. The van der Waals surface area contributed by atoms with Gasteiger partial charge in [-0.2, -0.15) is 0 Å². The maximum atomic E-state index is 13.3. The lowest BCUT2D eigenvalue weighted by Gasteiger charge is -2.44. The highest BCUT2D eigenvalue weighted by Crippen LogP contribution is 2.44. The fourth-order valence-corrected chi connectivity index (χ4v) is 5.80. The van der Waals surface area contributed by atoms with E-state index in [9.17, 15) is 15.0 Å². The van der Waals surface area contributed by atoms with E-state index < -0.39 is 11.7 Å². The van der Waals surface area contributed by atoms with Gasteiger partial charge in [0.1, 0.15) is 11.5 Å². The molecule has 1 aliphatic heterocycles. The monoisotopic (exact) mass is 496 g/mol. The average Bonchev–Trinajstić information content (AvgIpc) is 3.25. The van der Waals surface area contributed by atoms with Crippen molar-refractivity contribution in [3.63, 3.8) is 0 Å². The number of hydrogen-bond acceptors (Lipinski definition) is 6. The molecule has 1 heterocycles. The third-order valence-electron chi connectivity index (χ3n) is 7.82. The summed E-state index contributed by atoms with van der Waals surface area (Å²) in [6.45, 7) is 1.78. The first kappa shape index (κ1) is 26.6. The predicted octanol–water partition coefficient (Wildman–Crippen LogP) is 3.82. The summed E-state index contributed by atoms with van der Waals surface area (Å²) < 4.78 is 11.5. The van der Waals surface area contributed by atoms with Crippen LogP contribution in [0.3, 0.4) is 0 Å². The lowest BCUT2D eigenvalue weighted by Crippen LogP contribution is -2.49. The van der Waals surface area contributed by atoms with E-state index >= 15 is 0 Å². The lowest BCUT2D eigenvalue weighted by atomic mass is 9.73. The lowest BCUT2D eigenvalue weighted by molar-refractivity contribution is -0.141. The van der Waals surface area contributed by atoms with Crippen molar-refractivity contribution >= 4 is 5.91 Å². The molecule has 5 atom stereocenters. The zero-order chi connectivity index (χ0) is 25.5. The number of methoxy groups -OCH3 is 1. The van der Waals surface area contributed by atoms with Crippen LogP contribution in [0, 0.1) is 11.8 Å². The molecule has 0 spiro atoms. The Morgan fingerprint density at radius 1 is 1.11 bits per heavy atom. The molecule has 0 bridgehead atoms. The Morgan fingerprint density at radius 3 is 2.58 bits per heavy atom. The summed E-state index contributed by atoms with van der Waals surface area (Å²) in [5.74, 6) is 0.993. The first-order valence-corrected chi connectivity index (χ1v) is 13.2. The number of aliphatic hydroxyl groups excluding tert-OH is 1. The van der Waals surface area contributed by atoms with Crippen molar-refractivity contribution in [2.24, 2.45) is 17.6 Å². The van der Waals surface area contributed by atoms with Crippen LogP contribution in [0.2, 0.25) is 0 Å². The SMILES string of the molecule is COCCCC[C@@](O)(c1ccccc1Oc1ccccc1)[C@@H]1CCCN(C(=O)[C@H]2C[C@@H](N)[C@H](O)C2)C1. The predicted molar refractivity (Wildman–Crippen MR) is 139 cm³/mol. The standard InChI is InChI=1S/C29H40N2O5/c1-35-17-8-7-15-29(34,24-13-5-6-14-27(24)36-23-11-3-2-4-12-23)22-10-9-16-31(20-22)28(33)21-18-25(30)26(32)19-21/h2-6,11-14,21-22,25-26,32,34H,7-10,15-20,30H2,1H3/t21-,22+,25+,26+,29-/m0/s1. The molecule has 0 radical (unpaired) electrons. The molecule has 2 aromatic rings. The molecule has 7 nitrogen and oxygen atoms in total. The van der Waals surface area contributed by atoms with Gasteiger partial charge in [0.25, 0.3) is 0 Å². The van der Waals surface area contributed by atoms with Gasteiger partial charge in [-0.05, 0) is 63.1 Å². The minimum absolute atomic E-state index is 0.0438. The van der Waals surface area contributed by atoms with Crippen LogP contribution in [0.4, 0.5) is 0 Å². The third kappa shape index (κ3) is 6.09. The minimum atomic E-state index is -1.16. The second-order valence-electron chi connectivity index (χ2n) is 10.3. The van der Waals surface area contributed by atoms with Gasteiger partial charge in [-0.15, -0.1) is 0 Å². The van der Waals surface area contributed by atoms with Gasteiger partial charge in [-0.1, -0.05) is 36.4 Å². The van der Waals surface area contributed by atoms with Gasteiger partial charge >= 0.3 is 0 Å². The van der Waals surface area contributed by atoms with Gasteiger partial charge in [0.05, 0.1) is 11.7 Å². The quantitative estimate of drug-likeness (QED) is 0.432. The Bertz CT molecular complexity index is 977. The highest BCUT2D eigenvalue weighted by Gasteiger charge is 2.44. The van der Waals surface area contributed by atoms with Crippen LogP contribution >= 0.6 is 0 Å². The fourth-order valence-electron chi connectivity index (χ4n) is 5.80. The van der Waals surface area contributed by atoms with Crippen LogP contribution in [0.15, 0.2) is 54.6 Å². The summed E-state index contributed by atoms with van der Waals surface area (Å²) in [6.07, 6.45) is 4.11. The van der Waals surface area contributed by atoms with Crippen molar-refractivity contribution in [1.82, 2.24) is 4.90 Å². The highest BCUT2D eigenvalue weighted by atomic mass is 16.5. The number of para-hydroxylation sites is 2. The van der Waals surface area contributed by atoms with E-state index in [-0.39, 0.29) is 23.8 Å². The van der Waals surface area contributed by atoms with Crippen LogP contribution in [-0.2, 0) is 15.1 Å². The third-order valence-corrected chi connectivity index (χ3v) is 7.82. The molecule has 4 N–H and O–H groups in total. The zero-order valence-corrected chi connectivity index (χ0v) is 21.2. The van der Waals surface area contributed by atoms with Crippen molar-refractivity contribution in [2.75, 3.05) is 26.8 Å². The Balaban J connectivity index is 1.59. The molecule has 7 heteroatoms. The maximum Gasteiger partial charge on any atom is 0.225 e. The van der Waals surface area contributed by atoms with Crippen molar-refractivity contribution in [3.05, 3.63) is 60.2 Å². The van der Waals surface area contributed by atoms with E-state index in [1.165, 1.54) is 0 Å². The number of aliphatic hydroxyl groups is 2. The minimum Gasteiger partial charge on any atom is -0.457 e. The largest absolute Gasteiger partial charge is 0.457 e. The fraction of sp³-hybridized carbons (Fsp3) is 0.552. The van der Waals surface area contributed by atoms with Crippen LogP contribution in [0.5, 0.6) is 11.5 Å². The number of benzene rings is 2. The first-order chi connectivity index (χ1) is 17.4. The van der Waals surface area contributed by atoms with Gasteiger partial charge < -0.3 is 30.3 Å². The Labute approximate surface area is 214 Å². The number of nitrogens with zero attached hydrogens (tertiary/aromatic N) is 1. The number of carbonyl (C=O) groups excluding carboxylic acids is 1. The molecule has 196 valence electrons. The van der Waals surface area contributed by atoms with Gasteiger partial charge in [0, 0.05) is 50.2 Å². The second kappa shape index (κ2) is 12.2. The number of unbranched alkanes of at least 4 members (excludes halogenated alkanes) is 1. The second-order valence-corrected chi connectivity index (χ2v) is 10.3. The molecule has 1 saturated heterocycles. The smallest absolute Gasteiger partial charge is 0.225 e. The average molecular weight is 497 g/mol. The van der Waals surface area contributed by atoms with Crippen molar-refractivity contribution in [1.29, 1.82) is 0 Å². The van der Waals surface area contributed by atoms with Gasteiger partial charge in [0.2, 0.25) is 5.91 Å². The van der Waals surface area contributed by atoms with Crippen LogP contribution < -0.4 is 10.5 Å². The summed E-state index contributed by atoms with van der Waals surface area (Å²) in [7, 11) is 1.69. The summed E-state index contributed by atoms with van der Waals surface area (Å²) >= 11 is 0. The number of carbonyl (C=O) groups is 1. The normalized spacial score (nSPS) is 25.9. The first-order valence-electron chi connectivity index (χ1n) is 13.2. The summed E-state index contributed by atoms with van der Waals surface area (Å²) in [4.78, 5) is 15.2. The van der Waals surface area contributed by atoms with Crippen LogP contribution in [0.1, 0.15) is 50.5 Å². The number of ether oxygens (including phenoxy) is 2. The number of piperidine rings is 1. The molecule has 0 aromatic heterocycles. The molecule has 2 aromatic carbocycles. The Hall–Kier alpha value is -2.45. The Kier molecular flexibility index (Phi) is 9.01. The topological polar surface area (TPSA) is 105 Å². The van der Waals surface area contributed by atoms with Crippen LogP contribution in [-0.4, -0.2) is 60.0 Å². The van der Waals surface area contributed by atoms with Crippen molar-refractivity contribution in [2.45, 2.75) is 62.7 Å². The molecular weight excluding hydrogens is 456 g/mol. The van der Waals surface area contributed by atoms with Crippen molar-refractivity contribution < 1.29 is 24.5 Å². The maximum absolute atomic E-state index is 13.3. The number of amides is 1. The Morgan fingerprint density at radius 2 is 1.86 bits per heavy atom. The molecule has 0 unspecified atom stereocenters. The highest BCUT2D eigenvalue weighted by molar-refractivity contribution is 5.79. The van der Waals surface area contributed by atoms with Gasteiger partial charge in [-0.25, -0.2) is 0 Å². The van der Waals surface area contributed by atoms with E-state index in [0.29, 0.717) is 50.5 Å². The van der Waals surface area contributed by atoms with E-state index in [4.69, 9.17) is 15.2 Å². The van der Waals surface area contributed by atoms with Gasteiger partial charge in [-0.3, -0.25) is 4.79 Å². The van der Waals surface area contributed by atoms with E-state index in [1.54, 1.807) is 7.11 Å². The van der Waals surface area contributed by atoms with E-state index in [2.05, 4.69) is 0 Å². The van der Waals surface area contributed by atoms with E-state index in [1.807, 2.05) is 59.5 Å². The molecule has 2 fully saturated rings. The number of likely N-dealkylation sites (tertiary alicyclic amines) is 1. The van der Waals surface area contributed by atoms with Crippen LogP contribution in [0.25, 0.3) is 0 Å². The molecule has 4 rings (SSSR count). The molecule has 2 aliphatic rings. The summed E-state index contributed by atoms with van der Waals surface area (Å²) in [5, 5.41) is 22.5. The molecule has 1 aliphatic carbocycles. The van der Waals surface area contributed by atoms with Crippen molar-refractivity contribution in [3.8, 4) is 11.5 Å². The number of hydrogen-bond donors (Lipinski definition) is 3. The van der Waals surface area contributed by atoms with E-state index in [0.717, 1.165) is 31.2 Å². The molecule has 1 amide bonds. The zero-order valence-electron chi connectivity index (χ0n) is 21.2. The van der Waals surface area contributed by atoms with Gasteiger partial charge in [0.15, 0.2) is 0 Å². The number of nitrogens with two attached hydrogens (primary N) is 1. The molecular formula is C29H40N2O5.